The molecule has 0 unspecified atom stereocenters. The molecule has 0 atom stereocenters. The maximum Gasteiger partial charge on any atom is 0.256 e. The predicted octanol–water partition coefficient (Wildman–Crippen LogP) is 2.92. The van der Waals surface area contributed by atoms with Crippen LogP contribution in [-0.4, -0.2) is 41.9 Å². The van der Waals surface area contributed by atoms with Crippen LogP contribution in [0.25, 0.3) is 0 Å². The number of aryl methyl sites for hydroxylation is 1. The summed E-state index contributed by atoms with van der Waals surface area (Å²) in [5.74, 6) is 0.00829. The molecule has 1 saturated carbocycles. The van der Waals surface area contributed by atoms with E-state index in [4.69, 9.17) is 0 Å². The number of anilines is 1. The number of benzene rings is 1. The van der Waals surface area contributed by atoms with Crippen molar-refractivity contribution >= 4 is 21.7 Å². The molecule has 8 heteroatoms. The van der Waals surface area contributed by atoms with Crippen LogP contribution in [0.3, 0.4) is 0 Å². The fourth-order valence-electron chi connectivity index (χ4n) is 3.28. The smallest absolute Gasteiger partial charge is 0.256 e. The van der Waals surface area contributed by atoms with Gasteiger partial charge in [0.2, 0.25) is 10.0 Å². The Hall–Kier alpha value is -2.19. The zero-order valence-corrected chi connectivity index (χ0v) is 15.8. The monoisotopic (exact) mass is 376 g/mol. The normalized spacial score (nSPS) is 16.0. The van der Waals surface area contributed by atoms with Crippen LogP contribution in [0.4, 0.5) is 5.82 Å². The second kappa shape index (κ2) is 7.59. The summed E-state index contributed by atoms with van der Waals surface area (Å²) in [6.45, 7) is 1.83. The van der Waals surface area contributed by atoms with Crippen LogP contribution in [-0.2, 0) is 10.0 Å². The predicted molar refractivity (Wildman–Crippen MR) is 99.5 cm³/mol. The molecular weight excluding hydrogens is 352 g/mol. The first-order chi connectivity index (χ1) is 12.4. The molecule has 1 aliphatic carbocycles. The van der Waals surface area contributed by atoms with Gasteiger partial charge in [0.05, 0.1) is 4.90 Å². The largest absolute Gasteiger partial charge is 0.305 e. The van der Waals surface area contributed by atoms with Gasteiger partial charge in [0.1, 0.15) is 0 Å². The second-order valence-electron chi connectivity index (χ2n) is 6.73. The Bertz CT molecular complexity index is 885. The Kier molecular flexibility index (Phi) is 5.43. The van der Waals surface area contributed by atoms with Crippen molar-refractivity contribution in [1.29, 1.82) is 0 Å². The van der Waals surface area contributed by atoms with E-state index in [2.05, 4.69) is 15.5 Å². The SMILES string of the molecule is Cc1cc(NC(=O)c2cccc(S(=O)(=O)N(C)C3CCCCC3)c2)n[nH]1. The highest BCUT2D eigenvalue weighted by molar-refractivity contribution is 7.89. The highest BCUT2D eigenvalue weighted by Crippen LogP contribution is 2.26. The van der Waals surface area contributed by atoms with Crippen molar-refractivity contribution in [3.63, 3.8) is 0 Å². The minimum atomic E-state index is -3.63. The molecule has 0 bridgehead atoms. The first-order valence-electron chi connectivity index (χ1n) is 8.79. The van der Waals surface area contributed by atoms with Crippen molar-refractivity contribution < 1.29 is 13.2 Å². The van der Waals surface area contributed by atoms with Crippen molar-refractivity contribution in [3.8, 4) is 0 Å². The molecule has 1 aromatic carbocycles. The number of rotatable bonds is 5. The number of nitrogens with zero attached hydrogens (tertiary/aromatic N) is 2. The third kappa shape index (κ3) is 3.96. The van der Waals surface area contributed by atoms with Gasteiger partial charge in [0.15, 0.2) is 5.82 Å². The lowest BCUT2D eigenvalue weighted by molar-refractivity contribution is 0.102. The molecule has 140 valence electrons. The van der Waals surface area contributed by atoms with Crippen LogP contribution < -0.4 is 5.32 Å². The highest BCUT2D eigenvalue weighted by atomic mass is 32.2. The summed E-state index contributed by atoms with van der Waals surface area (Å²) >= 11 is 0. The molecule has 0 spiro atoms. The summed E-state index contributed by atoms with van der Waals surface area (Å²) in [6, 6.07) is 7.86. The van der Waals surface area contributed by atoms with Crippen LogP contribution in [0.15, 0.2) is 35.2 Å². The molecule has 1 fully saturated rings. The van der Waals surface area contributed by atoms with Gasteiger partial charge < -0.3 is 5.32 Å². The first-order valence-corrected chi connectivity index (χ1v) is 10.2. The van der Waals surface area contributed by atoms with Gasteiger partial charge in [0.25, 0.3) is 5.91 Å². The molecule has 1 aliphatic rings. The number of nitrogens with one attached hydrogen (secondary N) is 2. The average Bonchev–Trinajstić information content (AvgIpc) is 3.06. The quantitative estimate of drug-likeness (QED) is 0.839. The lowest BCUT2D eigenvalue weighted by Gasteiger charge is -2.30. The number of carbonyl (C=O) groups is 1. The van der Waals surface area contributed by atoms with Crippen molar-refractivity contribution in [2.24, 2.45) is 0 Å². The molecule has 1 aromatic heterocycles. The average molecular weight is 376 g/mol. The van der Waals surface area contributed by atoms with Gasteiger partial charge in [-0.2, -0.15) is 9.40 Å². The highest BCUT2D eigenvalue weighted by Gasteiger charge is 2.29. The van der Waals surface area contributed by atoms with Gasteiger partial charge in [-0.05, 0) is 38.0 Å². The van der Waals surface area contributed by atoms with Crippen LogP contribution >= 0.6 is 0 Å². The van der Waals surface area contributed by atoms with Crippen molar-refractivity contribution in [1.82, 2.24) is 14.5 Å². The van der Waals surface area contributed by atoms with E-state index < -0.39 is 15.9 Å². The molecular formula is C18H24N4O3S. The number of hydrogen-bond donors (Lipinski definition) is 2. The van der Waals surface area contributed by atoms with Gasteiger partial charge in [-0.3, -0.25) is 9.89 Å². The maximum atomic E-state index is 12.9. The second-order valence-corrected chi connectivity index (χ2v) is 8.73. The zero-order valence-electron chi connectivity index (χ0n) is 15.0. The minimum Gasteiger partial charge on any atom is -0.305 e. The minimum absolute atomic E-state index is 0.0262. The summed E-state index contributed by atoms with van der Waals surface area (Å²) in [7, 11) is -2.00. The summed E-state index contributed by atoms with van der Waals surface area (Å²) < 4.78 is 27.3. The Morgan fingerprint density at radius 1 is 1.23 bits per heavy atom. The number of aromatic nitrogens is 2. The fourth-order valence-corrected chi connectivity index (χ4v) is 4.74. The van der Waals surface area contributed by atoms with Gasteiger partial charge >= 0.3 is 0 Å². The van der Waals surface area contributed by atoms with Crippen molar-refractivity contribution in [2.75, 3.05) is 12.4 Å². The van der Waals surface area contributed by atoms with E-state index in [9.17, 15) is 13.2 Å². The zero-order chi connectivity index (χ0) is 18.7. The Morgan fingerprint density at radius 2 is 1.96 bits per heavy atom. The lowest BCUT2D eigenvalue weighted by Crippen LogP contribution is -2.38. The number of hydrogen-bond acceptors (Lipinski definition) is 4. The lowest BCUT2D eigenvalue weighted by atomic mass is 9.96. The van der Waals surface area contributed by atoms with E-state index in [0.717, 1.165) is 37.8 Å². The molecule has 7 nitrogen and oxygen atoms in total. The number of carbonyl (C=O) groups excluding carboxylic acids is 1. The van der Waals surface area contributed by atoms with Crippen LogP contribution in [0.1, 0.15) is 48.2 Å². The van der Waals surface area contributed by atoms with Gasteiger partial charge in [-0.1, -0.05) is 25.3 Å². The van der Waals surface area contributed by atoms with E-state index >= 15 is 0 Å². The molecule has 1 heterocycles. The van der Waals surface area contributed by atoms with Crippen molar-refractivity contribution in [2.45, 2.75) is 50.0 Å². The van der Waals surface area contributed by atoms with E-state index in [1.54, 1.807) is 25.2 Å². The van der Waals surface area contributed by atoms with Crippen LogP contribution in [0.2, 0.25) is 0 Å². The summed E-state index contributed by atoms with van der Waals surface area (Å²) in [4.78, 5) is 12.5. The topological polar surface area (TPSA) is 95.2 Å². The van der Waals surface area contributed by atoms with Gasteiger partial charge in [-0.15, -0.1) is 0 Å². The Labute approximate surface area is 153 Å². The molecule has 1 amide bonds. The molecule has 2 N–H and O–H groups in total. The number of amides is 1. The van der Waals surface area contributed by atoms with E-state index in [0.29, 0.717) is 5.82 Å². The third-order valence-corrected chi connectivity index (χ3v) is 6.72. The molecule has 3 rings (SSSR count). The fraction of sp³-hybridized carbons (Fsp3) is 0.444. The molecule has 26 heavy (non-hydrogen) atoms. The van der Waals surface area contributed by atoms with Gasteiger partial charge in [0, 0.05) is 30.4 Å². The molecule has 0 radical (unpaired) electrons. The number of sulfonamides is 1. The van der Waals surface area contributed by atoms with Crippen LogP contribution in [0, 0.1) is 6.92 Å². The van der Waals surface area contributed by atoms with Gasteiger partial charge in [-0.25, -0.2) is 8.42 Å². The molecule has 0 saturated heterocycles. The molecule has 0 aliphatic heterocycles. The Morgan fingerprint density at radius 3 is 2.62 bits per heavy atom. The summed E-state index contributed by atoms with van der Waals surface area (Å²) in [6.07, 6.45) is 5.03. The number of H-pyrrole nitrogens is 1. The summed E-state index contributed by atoms with van der Waals surface area (Å²) in [5.41, 5.74) is 1.11. The van der Waals surface area contributed by atoms with Crippen molar-refractivity contribution in [3.05, 3.63) is 41.6 Å². The maximum absolute atomic E-state index is 12.9. The van der Waals surface area contributed by atoms with E-state index in [-0.39, 0.29) is 16.5 Å². The standard InChI is InChI=1S/C18H24N4O3S/c1-13-11-17(21-20-13)19-18(23)14-7-6-10-16(12-14)26(24,25)22(2)15-8-4-3-5-9-15/h6-7,10-12,15H,3-5,8-9H2,1-2H3,(H2,19,20,21,23). The van der Waals surface area contributed by atoms with Crippen LogP contribution in [0.5, 0.6) is 0 Å². The first kappa shape index (κ1) is 18.6. The van der Waals surface area contributed by atoms with E-state index in [1.807, 2.05) is 6.92 Å². The Balaban J connectivity index is 1.80. The van der Waals surface area contributed by atoms with E-state index in [1.165, 1.54) is 16.4 Å². The molecule has 2 aromatic rings. The summed E-state index contributed by atoms with van der Waals surface area (Å²) in [5, 5.41) is 9.36. The number of aromatic amines is 1. The third-order valence-electron chi connectivity index (χ3n) is 4.81.